The maximum absolute atomic E-state index is 12.7. The van der Waals surface area contributed by atoms with Crippen molar-refractivity contribution in [3.05, 3.63) is 0 Å². The maximum atomic E-state index is 12.7. The molecule has 0 spiro atoms. The van der Waals surface area contributed by atoms with Gasteiger partial charge in [0.25, 0.3) is 0 Å². The van der Waals surface area contributed by atoms with Crippen LogP contribution in [0.2, 0.25) is 0 Å². The zero-order valence-corrected chi connectivity index (χ0v) is 9.90. The van der Waals surface area contributed by atoms with Gasteiger partial charge >= 0.3 is 12.1 Å². The van der Waals surface area contributed by atoms with E-state index in [0.29, 0.717) is 25.9 Å². The Labute approximate surface area is 103 Å². The van der Waals surface area contributed by atoms with Crippen molar-refractivity contribution in [3.8, 4) is 6.07 Å². The summed E-state index contributed by atoms with van der Waals surface area (Å²) < 4.78 is 25.3. The van der Waals surface area contributed by atoms with E-state index in [2.05, 4.69) is 16.4 Å². The summed E-state index contributed by atoms with van der Waals surface area (Å²) in [4.78, 5) is 15.9. The number of nitrogens with one attached hydrogen (secondary N) is 1. The third-order valence-electron chi connectivity index (χ3n) is 2.84. The number of hydrogen-bond acceptors (Lipinski definition) is 5. The molecule has 0 aromatic carbocycles. The number of hydrogen-bond donors (Lipinski definition) is 2. The molecule has 0 aliphatic carbocycles. The Morgan fingerprint density at radius 1 is 1.67 bits per heavy atom. The lowest BCUT2D eigenvalue weighted by molar-refractivity contribution is -0.275. The summed E-state index contributed by atoms with van der Waals surface area (Å²) in [5.74, 6) is -2.34. The highest BCUT2D eigenvalue weighted by Crippen LogP contribution is 2.19. The highest BCUT2D eigenvalue weighted by molar-refractivity contribution is 5.73. The number of piperidine rings is 1. The second-order valence-corrected chi connectivity index (χ2v) is 4.05. The molecule has 18 heavy (non-hydrogen) atoms. The lowest BCUT2D eigenvalue weighted by Gasteiger charge is -2.35. The molecular formula is C10H15F2N3O3. The first-order chi connectivity index (χ1) is 8.40. The molecule has 0 saturated carbocycles. The molecule has 0 bridgehead atoms. The van der Waals surface area contributed by atoms with Gasteiger partial charge in [-0.1, -0.05) is 6.92 Å². The standard InChI is InChI=1S/C10H15F2N3O3/c1-2-15-6-7(3-4-8(15)5-13)14-18-10(11,12)9(16)17/h7-8,14H,2-4,6H2,1H3,(H,16,17)/t7-,8+/m1/s1. The molecular weight excluding hydrogens is 248 g/mol. The predicted octanol–water partition coefficient (Wildman–Crippen LogP) is 0.561. The van der Waals surface area contributed by atoms with E-state index in [-0.39, 0.29) is 6.04 Å². The minimum Gasteiger partial charge on any atom is -0.475 e. The predicted molar refractivity (Wildman–Crippen MR) is 56.5 cm³/mol. The number of carboxylic acid groups (broad SMARTS) is 1. The number of nitriles is 1. The van der Waals surface area contributed by atoms with Crippen LogP contribution in [0.15, 0.2) is 0 Å². The number of carboxylic acids is 1. The SMILES string of the molecule is CCN1C[C@H](NOC(F)(F)C(=O)O)CC[C@H]1C#N. The van der Waals surface area contributed by atoms with Gasteiger partial charge in [0.2, 0.25) is 0 Å². The topological polar surface area (TPSA) is 85.6 Å². The van der Waals surface area contributed by atoms with Crippen molar-refractivity contribution in [2.24, 2.45) is 0 Å². The molecule has 1 heterocycles. The molecule has 1 saturated heterocycles. The van der Waals surface area contributed by atoms with Crippen LogP contribution in [0.3, 0.4) is 0 Å². The summed E-state index contributed by atoms with van der Waals surface area (Å²) in [6, 6.07) is 1.49. The summed E-state index contributed by atoms with van der Waals surface area (Å²) in [7, 11) is 0. The largest absolute Gasteiger partial charge is 0.475 e. The fourth-order valence-corrected chi connectivity index (χ4v) is 1.84. The minimum absolute atomic E-state index is 0.229. The molecule has 1 aliphatic heterocycles. The number of likely N-dealkylation sites (N-methyl/N-ethyl adjacent to an activating group) is 1. The molecule has 0 aromatic heterocycles. The zero-order chi connectivity index (χ0) is 13.8. The van der Waals surface area contributed by atoms with Gasteiger partial charge in [0.15, 0.2) is 0 Å². The van der Waals surface area contributed by atoms with Gasteiger partial charge in [-0.2, -0.15) is 19.5 Å². The highest BCUT2D eigenvalue weighted by Gasteiger charge is 2.42. The number of alkyl halides is 2. The Morgan fingerprint density at radius 3 is 2.83 bits per heavy atom. The molecule has 0 aromatic rings. The van der Waals surface area contributed by atoms with E-state index in [1.807, 2.05) is 11.8 Å². The van der Waals surface area contributed by atoms with Crippen LogP contribution in [-0.4, -0.2) is 47.3 Å². The molecule has 102 valence electrons. The van der Waals surface area contributed by atoms with Gasteiger partial charge in [0.1, 0.15) is 0 Å². The Kier molecular flexibility index (Phi) is 4.95. The van der Waals surface area contributed by atoms with Gasteiger partial charge in [-0.05, 0) is 19.4 Å². The fraction of sp³-hybridized carbons (Fsp3) is 0.800. The number of likely N-dealkylation sites (tertiary alicyclic amines) is 1. The molecule has 0 amide bonds. The summed E-state index contributed by atoms with van der Waals surface area (Å²) in [5, 5.41) is 17.1. The molecule has 1 fully saturated rings. The Hall–Kier alpha value is -1.30. The smallest absolute Gasteiger partial charge is 0.471 e. The molecule has 0 radical (unpaired) electrons. The normalized spacial score (nSPS) is 25.7. The molecule has 2 N–H and O–H groups in total. The van der Waals surface area contributed by atoms with Gasteiger partial charge in [0, 0.05) is 12.6 Å². The number of aliphatic carboxylic acids is 1. The lowest BCUT2D eigenvalue weighted by atomic mass is 10.00. The molecule has 6 nitrogen and oxygen atoms in total. The molecule has 8 heteroatoms. The van der Waals surface area contributed by atoms with E-state index < -0.39 is 18.1 Å². The number of hydroxylamine groups is 1. The summed E-state index contributed by atoms with van der Waals surface area (Å²) in [6.07, 6.45) is -3.24. The molecule has 1 aliphatic rings. The van der Waals surface area contributed by atoms with E-state index in [9.17, 15) is 13.6 Å². The van der Waals surface area contributed by atoms with E-state index in [1.165, 1.54) is 0 Å². The number of halogens is 2. The van der Waals surface area contributed by atoms with Crippen molar-refractivity contribution in [2.75, 3.05) is 13.1 Å². The molecule has 0 unspecified atom stereocenters. The average molecular weight is 263 g/mol. The number of nitrogens with zero attached hydrogens (tertiary/aromatic N) is 2. The second-order valence-electron chi connectivity index (χ2n) is 4.05. The third kappa shape index (κ3) is 3.60. The fourth-order valence-electron chi connectivity index (χ4n) is 1.84. The first kappa shape index (κ1) is 14.8. The van der Waals surface area contributed by atoms with E-state index in [0.717, 1.165) is 0 Å². The number of rotatable bonds is 5. The van der Waals surface area contributed by atoms with Crippen LogP contribution in [0.4, 0.5) is 8.78 Å². The van der Waals surface area contributed by atoms with Crippen molar-refractivity contribution in [3.63, 3.8) is 0 Å². The maximum Gasteiger partial charge on any atom is 0.471 e. The summed E-state index contributed by atoms with van der Waals surface area (Å²) >= 11 is 0. The summed E-state index contributed by atoms with van der Waals surface area (Å²) in [6.45, 7) is 2.84. The zero-order valence-electron chi connectivity index (χ0n) is 9.90. The van der Waals surface area contributed by atoms with Gasteiger partial charge in [-0.15, -0.1) is 0 Å². The van der Waals surface area contributed by atoms with Crippen LogP contribution in [0.25, 0.3) is 0 Å². The first-order valence-electron chi connectivity index (χ1n) is 5.59. The minimum atomic E-state index is -4.25. The van der Waals surface area contributed by atoms with Crippen LogP contribution in [0.5, 0.6) is 0 Å². The molecule has 2 atom stereocenters. The van der Waals surface area contributed by atoms with Crippen molar-refractivity contribution >= 4 is 5.97 Å². The van der Waals surface area contributed by atoms with Crippen LogP contribution in [-0.2, 0) is 9.63 Å². The van der Waals surface area contributed by atoms with Gasteiger partial charge in [-0.3, -0.25) is 4.90 Å². The average Bonchev–Trinajstić information content (AvgIpc) is 2.35. The van der Waals surface area contributed by atoms with Gasteiger partial charge in [-0.25, -0.2) is 9.63 Å². The van der Waals surface area contributed by atoms with Crippen molar-refractivity contribution in [1.82, 2.24) is 10.4 Å². The van der Waals surface area contributed by atoms with Crippen LogP contribution in [0, 0.1) is 11.3 Å². The van der Waals surface area contributed by atoms with Crippen LogP contribution in [0.1, 0.15) is 19.8 Å². The Bertz CT molecular complexity index is 346. The van der Waals surface area contributed by atoms with Crippen LogP contribution < -0.4 is 5.48 Å². The molecule has 1 rings (SSSR count). The number of carbonyl (C=O) groups is 1. The highest BCUT2D eigenvalue weighted by atomic mass is 19.3. The summed E-state index contributed by atoms with van der Waals surface area (Å²) in [5.41, 5.74) is 2.07. The second kappa shape index (κ2) is 6.04. The van der Waals surface area contributed by atoms with E-state index >= 15 is 0 Å². The monoisotopic (exact) mass is 263 g/mol. The lowest BCUT2D eigenvalue weighted by Crippen LogP contribution is -2.52. The van der Waals surface area contributed by atoms with E-state index in [4.69, 9.17) is 10.4 Å². The third-order valence-corrected chi connectivity index (χ3v) is 2.84. The Balaban J connectivity index is 2.46. The van der Waals surface area contributed by atoms with Crippen LogP contribution >= 0.6 is 0 Å². The van der Waals surface area contributed by atoms with Crippen molar-refractivity contribution in [1.29, 1.82) is 5.26 Å². The Morgan fingerprint density at radius 2 is 2.33 bits per heavy atom. The van der Waals surface area contributed by atoms with Crippen molar-refractivity contribution in [2.45, 2.75) is 38.0 Å². The van der Waals surface area contributed by atoms with Crippen molar-refractivity contribution < 1.29 is 23.5 Å². The van der Waals surface area contributed by atoms with Gasteiger partial charge < -0.3 is 5.11 Å². The first-order valence-corrected chi connectivity index (χ1v) is 5.59. The van der Waals surface area contributed by atoms with E-state index in [1.54, 1.807) is 0 Å². The van der Waals surface area contributed by atoms with Gasteiger partial charge in [0.05, 0.1) is 12.1 Å². The quantitative estimate of drug-likeness (QED) is 0.705.